The van der Waals surface area contributed by atoms with Gasteiger partial charge in [0.05, 0.1) is 16.7 Å². The molecule has 4 aromatic carbocycles. The number of aryl methyl sites for hydroxylation is 1. The third kappa shape index (κ3) is 2.30. The molecule has 1 aliphatic heterocycles. The van der Waals surface area contributed by atoms with E-state index in [1.165, 1.54) is 10.8 Å². The first-order valence-corrected chi connectivity index (χ1v) is 9.79. The van der Waals surface area contributed by atoms with Crippen LogP contribution in [0.2, 0.25) is 0 Å². The standard InChI is InChI=1S/C25H18BNO2/c1-16-14-20-17-8-2-5-11-21(17)26(28)29-25(20)24(15-16)27-22-12-6-3-9-18(22)19-10-4-7-13-23(19)27/h2-15,28H,1H3. The molecule has 0 spiro atoms. The van der Waals surface area contributed by atoms with Crippen LogP contribution in [0.4, 0.5) is 0 Å². The molecule has 0 atom stereocenters. The molecule has 0 radical (unpaired) electrons. The van der Waals surface area contributed by atoms with Crippen molar-refractivity contribution in [1.29, 1.82) is 0 Å². The molecule has 1 N–H and O–H groups in total. The summed E-state index contributed by atoms with van der Waals surface area (Å²) in [7, 11) is -0.978. The lowest BCUT2D eigenvalue weighted by Crippen LogP contribution is -2.41. The van der Waals surface area contributed by atoms with E-state index in [-0.39, 0.29) is 0 Å². The number of benzene rings is 4. The second kappa shape index (κ2) is 6.00. The highest BCUT2D eigenvalue weighted by molar-refractivity contribution is 6.63. The number of para-hydroxylation sites is 2. The normalized spacial score (nSPS) is 12.7. The number of hydrogen-bond acceptors (Lipinski definition) is 2. The smallest absolute Gasteiger partial charge is 0.530 e. The quantitative estimate of drug-likeness (QED) is 0.426. The average molecular weight is 375 g/mol. The van der Waals surface area contributed by atoms with Gasteiger partial charge in [0.2, 0.25) is 0 Å². The zero-order valence-corrected chi connectivity index (χ0v) is 16.0. The molecule has 0 unspecified atom stereocenters. The summed E-state index contributed by atoms with van der Waals surface area (Å²) >= 11 is 0. The van der Waals surface area contributed by atoms with E-state index in [1.54, 1.807) is 0 Å². The fraction of sp³-hybridized carbons (Fsp3) is 0.0400. The van der Waals surface area contributed by atoms with Gasteiger partial charge in [0.15, 0.2) is 0 Å². The second-order valence-corrected chi connectivity index (χ2v) is 7.59. The summed E-state index contributed by atoms with van der Waals surface area (Å²) in [6.07, 6.45) is 0. The Hall–Kier alpha value is -3.50. The first-order chi connectivity index (χ1) is 14.2. The highest BCUT2D eigenvalue weighted by Crippen LogP contribution is 2.42. The van der Waals surface area contributed by atoms with Crippen LogP contribution in [-0.4, -0.2) is 16.7 Å². The Morgan fingerprint density at radius 2 is 1.38 bits per heavy atom. The Labute approximate surface area is 168 Å². The lowest BCUT2D eigenvalue weighted by Gasteiger charge is -2.26. The lowest BCUT2D eigenvalue weighted by molar-refractivity contribution is 0.430. The second-order valence-electron chi connectivity index (χ2n) is 7.59. The van der Waals surface area contributed by atoms with Gasteiger partial charge < -0.3 is 14.2 Å². The van der Waals surface area contributed by atoms with Crippen molar-refractivity contribution >= 4 is 34.4 Å². The van der Waals surface area contributed by atoms with Gasteiger partial charge in [-0.25, -0.2) is 0 Å². The van der Waals surface area contributed by atoms with Crippen molar-refractivity contribution in [2.24, 2.45) is 0 Å². The number of aromatic nitrogens is 1. The molecule has 4 heteroatoms. The van der Waals surface area contributed by atoms with E-state index in [4.69, 9.17) is 4.65 Å². The van der Waals surface area contributed by atoms with Gasteiger partial charge in [-0.05, 0) is 42.3 Å². The number of hydrogen-bond donors (Lipinski definition) is 1. The minimum absolute atomic E-state index is 0.716. The maximum absolute atomic E-state index is 10.7. The average Bonchev–Trinajstić information content (AvgIpc) is 3.09. The van der Waals surface area contributed by atoms with Gasteiger partial charge in [0.1, 0.15) is 5.75 Å². The van der Waals surface area contributed by atoms with E-state index >= 15 is 0 Å². The predicted octanol–water partition coefficient (Wildman–Crippen LogP) is 4.84. The summed E-state index contributed by atoms with van der Waals surface area (Å²) in [6.45, 7) is 2.10. The molecule has 2 heterocycles. The van der Waals surface area contributed by atoms with Crippen LogP contribution >= 0.6 is 0 Å². The van der Waals surface area contributed by atoms with Gasteiger partial charge in [-0.3, -0.25) is 0 Å². The third-order valence-corrected chi connectivity index (χ3v) is 5.78. The summed E-state index contributed by atoms with van der Waals surface area (Å²) in [5.41, 5.74) is 7.19. The molecule has 0 amide bonds. The van der Waals surface area contributed by atoms with Crippen LogP contribution < -0.4 is 10.1 Å². The molecule has 138 valence electrons. The first kappa shape index (κ1) is 16.5. The summed E-state index contributed by atoms with van der Waals surface area (Å²) in [6, 6.07) is 29.0. The van der Waals surface area contributed by atoms with E-state index in [9.17, 15) is 5.02 Å². The van der Waals surface area contributed by atoms with Gasteiger partial charge >= 0.3 is 7.12 Å². The van der Waals surface area contributed by atoms with Crippen molar-refractivity contribution in [3.63, 3.8) is 0 Å². The minimum Gasteiger partial charge on any atom is -0.530 e. The summed E-state index contributed by atoms with van der Waals surface area (Å²) in [5, 5.41) is 13.1. The van der Waals surface area contributed by atoms with Crippen molar-refractivity contribution in [1.82, 2.24) is 4.57 Å². The third-order valence-electron chi connectivity index (χ3n) is 5.78. The Bertz CT molecular complexity index is 1370. The molecule has 0 saturated carbocycles. The minimum atomic E-state index is -0.978. The molecule has 0 aliphatic carbocycles. The maximum Gasteiger partial charge on any atom is 0.560 e. The Balaban J connectivity index is 1.76. The number of nitrogens with zero attached hydrogens (tertiary/aromatic N) is 1. The van der Waals surface area contributed by atoms with Gasteiger partial charge in [-0.1, -0.05) is 60.7 Å². The molecule has 0 bridgehead atoms. The van der Waals surface area contributed by atoms with Crippen molar-refractivity contribution in [3.8, 4) is 22.6 Å². The van der Waals surface area contributed by atoms with Gasteiger partial charge in [-0.2, -0.15) is 0 Å². The molecule has 0 saturated heterocycles. The molecule has 3 nitrogen and oxygen atoms in total. The Morgan fingerprint density at radius 1 is 0.759 bits per heavy atom. The summed E-state index contributed by atoms with van der Waals surface area (Å²) < 4.78 is 8.35. The van der Waals surface area contributed by atoms with Crippen LogP contribution in [0.5, 0.6) is 5.75 Å². The number of fused-ring (bicyclic) bond motifs is 6. The highest BCUT2D eigenvalue weighted by Gasteiger charge is 2.32. The molecular formula is C25H18BNO2. The lowest BCUT2D eigenvalue weighted by atomic mass is 9.72. The fourth-order valence-electron chi connectivity index (χ4n) is 4.56. The van der Waals surface area contributed by atoms with E-state index < -0.39 is 7.12 Å². The molecular weight excluding hydrogens is 357 g/mol. The molecule has 1 aromatic heterocycles. The number of rotatable bonds is 1. The van der Waals surface area contributed by atoms with Crippen LogP contribution in [0.15, 0.2) is 84.9 Å². The Kier molecular flexibility index (Phi) is 3.40. The molecule has 1 aliphatic rings. The maximum atomic E-state index is 10.7. The topological polar surface area (TPSA) is 34.4 Å². The van der Waals surface area contributed by atoms with Crippen LogP contribution in [0, 0.1) is 6.92 Å². The van der Waals surface area contributed by atoms with Crippen LogP contribution in [0.3, 0.4) is 0 Å². The fourth-order valence-corrected chi connectivity index (χ4v) is 4.56. The van der Waals surface area contributed by atoms with Crippen molar-refractivity contribution < 1.29 is 9.68 Å². The van der Waals surface area contributed by atoms with Gasteiger partial charge in [0, 0.05) is 21.8 Å². The zero-order chi connectivity index (χ0) is 19.5. The zero-order valence-electron chi connectivity index (χ0n) is 16.0. The molecule has 29 heavy (non-hydrogen) atoms. The van der Waals surface area contributed by atoms with E-state index in [1.807, 2.05) is 18.2 Å². The Morgan fingerprint density at radius 3 is 2.10 bits per heavy atom. The van der Waals surface area contributed by atoms with Crippen LogP contribution in [0.25, 0.3) is 38.6 Å². The van der Waals surface area contributed by atoms with Crippen molar-refractivity contribution in [2.45, 2.75) is 6.92 Å². The summed E-state index contributed by atoms with van der Waals surface area (Å²) in [4.78, 5) is 0. The largest absolute Gasteiger partial charge is 0.560 e. The molecule has 0 fully saturated rings. The molecule has 6 rings (SSSR count). The highest BCUT2D eigenvalue weighted by atomic mass is 16.5. The predicted molar refractivity (Wildman–Crippen MR) is 119 cm³/mol. The van der Waals surface area contributed by atoms with E-state index in [0.29, 0.717) is 5.75 Å². The van der Waals surface area contributed by atoms with Crippen LogP contribution in [0.1, 0.15) is 5.56 Å². The van der Waals surface area contributed by atoms with Crippen molar-refractivity contribution in [3.05, 3.63) is 90.5 Å². The summed E-state index contributed by atoms with van der Waals surface area (Å²) in [5.74, 6) is 0.716. The molecule has 5 aromatic rings. The van der Waals surface area contributed by atoms with E-state index in [0.717, 1.165) is 38.9 Å². The van der Waals surface area contributed by atoms with E-state index in [2.05, 4.69) is 78.2 Å². The van der Waals surface area contributed by atoms with Crippen molar-refractivity contribution in [2.75, 3.05) is 0 Å². The van der Waals surface area contributed by atoms with Gasteiger partial charge in [0.25, 0.3) is 0 Å². The monoisotopic (exact) mass is 375 g/mol. The van der Waals surface area contributed by atoms with Crippen LogP contribution in [-0.2, 0) is 0 Å². The first-order valence-electron chi connectivity index (χ1n) is 9.79. The SMILES string of the molecule is Cc1cc2c(c(-n3c4ccccc4c4ccccc43)c1)OB(O)c1ccccc1-2. The van der Waals surface area contributed by atoms with Gasteiger partial charge in [-0.15, -0.1) is 0 Å².